The summed E-state index contributed by atoms with van der Waals surface area (Å²) >= 11 is 7.00. The maximum absolute atomic E-state index is 5.32. The van der Waals surface area contributed by atoms with E-state index in [1.165, 1.54) is 0 Å². The van der Waals surface area contributed by atoms with Crippen molar-refractivity contribution in [3.8, 4) is 11.5 Å². The van der Waals surface area contributed by atoms with Gasteiger partial charge in [0.1, 0.15) is 0 Å². The molecule has 0 saturated heterocycles. The second-order valence-corrected chi connectivity index (χ2v) is 6.33. The number of aromatic nitrogens is 2. The minimum atomic E-state index is 0.503. The molecule has 0 atom stereocenters. The molecule has 0 aliphatic heterocycles. The first-order valence-electron chi connectivity index (χ1n) is 6.72. The number of nitrogens with zero attached hydrogens (tertiary/aromatic N) is 2. The molecule has 0 saturated carbocycles. The number of fused-ring (bicyclic) bond motifs is 1. The molecule has 0 fully saturated rings. The predicted octanol–water partition coefficient (Wildman–Crippen LogP) is 4.92. The van der Waals surface area contributed by atoms with Crippen LogP contribution in [0.15, 0.2) is 45.5 Å². The van der Waals surface area contributed by atoms with Crippen LogP contribution >= 0.6 is 31.9 Å². The van der Waals surface area contributed by atoms with Gasteiger partial charge in [0.05, 0.1) is 29.9 Å². The fraction of sp³-hybridized carbons (Fsp3) is 0.125. The molecule has 118 valence electrons. The minimum absolute atomic E-state index is 0.503. The first-order valence-corrected chi connectivity index (χ1v) is 8.31. The van der Waals surface area contributed by atoms with Gasteiger partial charge in [-0.15, -0.1) is 0 Å². The molecular weight excluding hydrogens is 426 g/mol. The van der Waals surface area contributed by atoms with E-state index in [4.69, 9.17) is 9.47 Å². The van der Waals surface area contributed by atoms with Crippen LogP contribution in [0.5, 0.6) is 11.5 Å². The third-order valence-corrected chi connectivity index (χ3v) is 5.33. The van der Waals surface area contributed by atoms with Gasteiger partial charge in [-0.3, -0.25) is 0 Å². The van der Waals surface area contributed by atoms with Gasteiger partial charge >= 0.3 is 0 Å². The summed E-state index contributed by atoms with van der Waals surface area (Å²) in [6.07, 6.45) is 1.75. The number of halogens is 2. The highest BCUT2D eigenvalue weighted by Gasteiger charge is 2.10. The molecule has 0 aliphatic rings. The van der Waals surface area contributed by atoms with Gasteiger partial charge in [0, 0.05) is 22.1 Å². The van der Waals surface area contributed by atoms with Crippen molar-refractivity contribution in [2.24, 2.45) is 0 Å². The lowest BCUT2D eigenvalue weighted by molar-refractivity contribution is 0.356. The smallest absolute Gasteiger partial charge is 0.227 e. The van der Waals surface area contributed by atoms with Gasteiger partial charge in [-0.2, -0.15) is 0 Å². The van der Waals surface area contributed by atoms with Crippen LogP contribution in [0.2, 0.25) is 0 Å². The number of rotatable bonds is 4. The van der Waals surface area contributed by atoms with E-state index in [9.17, 15) is 0 Å². The Labute approximate surface area is 150 Å². The van der Waals surface area contributed by atoms with E-state index >= 15 is 0 Å². The number of ether oxygens (including phenoxy) is 2. The Bertz CT molecular complexity index is 871. The quantitative estimate of drug-likeness (QED) is 0.626. The molecule has 0 radical (unpaired) electrons. The molecule has 3 aromatic rings. The monoisotopic (exact) mass is 437 g/mol. The van der Waals surface area contributed by atoms with Crippen molar-refractivity contribution in [1.29, 1.82) is 0 Å². The summed E-state index contributed by atoms with van der Waals surface area (Å²) in [6, 6.07) is 9.51. The van der Waals surface area contributed by atoms with E-state index in [-0.39, 0.29) is 0 Å². The number of methoxy groups -OCH3 is 2. The van der Waals surface area contributed by atoms with Crippen LogP contribution in [0.3, 0.4) is 0 Å². The Morgan fingerprint density at radius 3 is 2.52 bits per heavy atom. The lowest BCUT2D eigenvalue weighted by atomic mass is 10.2. The third-order valence-electron chi connectivity index (χ3n) is 3.28. The molecule has 1 N–H and O–H groups in total. The summed E-state index contributed by atoms with van der Waals surface area (Å²) in [7, 11) is 3.20. The van der Waals surface area contributed by atoms with Crippen LogP contribution < -0.4 is 14.8 Å². The average Bonchev–Trinajstić information content (AvgIpc) is 2.57. The van der Waals surface area contributed by atoms with E-state index in [0.717, 1.165) is 25.5 Å². The van der Waals surface area contributed by atoms with Gasteiger partial charge in [0.2, 0.25) is 5.95 Å². The summed E-state index contributed by atoms with van der Waals surface area (Å²) < 4.78 is 12.5. The second kappa shape index (κ2) is 6.72. The van der Waals surface area contributed by atoms with Crippen LogP contribution in [-0.2, 0) is 0 Å². The van der Waals surface area contributed by atoms with E-state index in [1.807, 2.05) is 30.3 Å². The minimum Gasteiger partial charge on any atom is -0.493 e. The van der Waals surface area contributed by atoms with Gasteiger partial charge < -0.3 is 14.8 Å². The van der Waals surface area contributed by atoms with Gasteiger partial charge in [-0.1, -0.05) is 6.07 Å². The SMILES string of the molecule is COc1cc2cnc(Nc3cccc(Br)c3Br)nc2cc1OC. The lowest BCUT2D eigenvalue weighted by Gasteiger charge is -2.11. The van der Waals surface area contributed by atoms with Gasteiger partial charge in [-0.25, -0.2) is 9.97 Å². The number of anilines is 2. The summed E-state index contributed by atoms with van der Waals surface area (Å²) in [6.45, 7) is 0. The maximum atomic E-state index is 5.32. The molecule has 7 heteroatoms. The van der Waals surface area contributed by atoms with Crippen LogP contribution in [0.1, 0.15) is 0 Å². The third kappa shape index (κ3) is 3.25. The Hall–Kier alpha value is -1.86. The normalized spacial score (nSPS) is 10.6. The molecule has 0 amide bonds. The van der Waals surface area contributed by atoms with Gasteiger partial charge in [0.15, 0.2) is 11.5 Å². The van der Waals surface area contributed by atoms with E-state index < -0.39 is 0 Å². The summed E-state index contributed by atoms with van der Waals surface area (Å²) in [4.78, 5) is 8.88. The van der Waals surface area contributed by atoms with Crippen LogP contribution in [0, 0.1) is 0 Å². The Morgan fingerprint density at radius 2 is 1.78 bits per heavy atom. The maximum Gasteiger partial charge on any atom is 0.227 e. The fourth-order valence-corrected chi connectivity index (χ4v) is 2.87. The molecule has 0 spiro atoms. The molecule has 23 heavy (non-hydrogen) atoms. The Kier molecular flexibility index (Phi) is 4.68. The largest absolute Gasteiger partial charge is 0.493 e. The van der Waals surface area contributed by atoms with E-state index in [1.54, 1.807) is 20.4 Å². The first kappa shape index (κ1) is 16.0. The van der Waals surface area contributed by atoms with Gasteiger partial charge in [0.25, 0.3) is 0 Å². The second-order valence-electron chi connectivity index (χ2n) is 4.69. The molecule has 5 nitrogen and oxygen atoms in total. The molecule has 0 aliphatic carbocycles. The molecule has 2 aromatic carbocycles. The standard InChI is InChI=1S/C16H13Br2N3O2/c1-22-13-6-9-8-19-16(21-12(9)7-14(13)23-2)20-11-5-3-4-10(17)15(11)18/h3-8H,1-2H3,(H,19,20,21). The van der Waals surface area contributed by atoms with Crippen molar-refractivity contribution < 1.29 is 9.47 Å². The van der Waals surface area contributed by atoms with Crippen molar-refractivity contribution in [3.05, 3.63) is 45.5 Å². The number of hydrogen-bond donors (Lipinski definition) is 1. The van der Waals surface area contributed by atoms with Crippen molar-refractivity contribution >= 4 is 54.4 Å². The molecule has 3 rings (SSSR count). The first-order chi connectivity index (χ1) is 11.1. The van der Waals surface area contributed by atoms with Crippen molar-refractivity contribution in [2.75, 3.05) is 19.5 Å². The average molecular weight is 439 g/mol. The van der Waals surface area contributed by atoms with Crippen molar-refractivity contribution in [2.45, 2.75) is 0 Å². The van der Waals surface area contributed by atoms with E-state index in [2.05, 4.69) is 47.1 Å². The number of benzene rings is 2. The molecule has 0 unspecified atom stereocenters. The molecule has 0 bridgehead atoms. The van der Waals surface area contributed by atoms with Crippen LogP contribution in [0.4, 0.5) is 11.6 Å². The topological polar surface area (TPSA) is 56.3 Å². The molecule has 1 heterocycles. The van der Waals surface area contributed by atoms with Crippen molar-refractivity contribution in [3.63, 3.8) is 0 Å². The summed E-state index contributed by atoms with van der Waals surface area (Å²) in [5.74, 6) is 1.79. The van der Waals surface area contributed by atoms with Crippen molar-refractivity contribution in [1.82, 2.24) is 9.97 Å². The lowest BCUT2D eigenvalue weighted by Crippen LogP contribution is -1.99. The fourth-order valence-electron chi connectivity index (χ4n) is 2.14. The zero-order chi connectivity index (χ0) is 16.4. The zero-order valence-electron chi connectivity index (χ0n) is 12.4. The Balaban J connectivity index is 2.01. The highest BCUT2D eigenvalue weighted by atomic mass is 79.9. The number of nitrogens with one attached hydrogen (secondary N) is 1. The highest BCUT2D eigenvalue weighted by molar-refractivity contribution is 9.13. The number of hydrogen-bond acceptors (Lipinski definition) is 5. The van der Waals surface area contributed by atoms with E-state index in [0.29, 0.717) is 17.4 Å². The Morgan fingerprint density at radius 1 is 1.04 bits per heavy atom. The molecule has 1 aromatic heterocycles. The summed E-state index contributed by atoms with van der Waals surface area (Å²) in [5.41, 5.74) is 1.64. The van der Waals surface area contributed by atoms with Gasteiger partial charge in [-0.05, 0) is 50.1 Å². The highest BCUT2D eigenvalue weighted by Crippen LogP contribution is 2.33. The van der Waals surface area contributed by atoms with Crippen LogP contribution in [0.25, 0.3) is 10.9 Å². The van der Waals surface area contributed by atoms with Crippen LogP contribution in [-0.4, -0.2) is 24.2 Å². The summed E-state index contributed by atoms with van der Waals surface area (Å²) in [5, 5.41) is 4.08. The zero-order valence-corrected chi connectivity index (χ0v) is 15.6. The predicted molar refractivity (Wildman–Crippen MR) is 97.8 cm³/mol. The molecular formula is C16H13Br2N3O2.